The monoisotopic (exact) mass is 228 g/mol. The summed E-state index contributed by atoms with van der Waals surface area (Å²) >= 11 is 0. The largest absolute Gasteiger partial charge is 0.496 e. The van der Waals surface area contributed by atoms with Crippen molar-refractivity contribution in [2.24, 2.45) is 0 Å². The van der Waals surface area contributed by atoms with Crippen molar-refractivity contribution in [3.63, 3.8) is 0 Å². The molecule has 2 heteroatoms. The maximum Gasteiger partial charge on any atom is 0.121 e. The van der Waals surface area contributed by atoms with E-state index in [1.807, 2.05) is 55.5 Å². The molecule has 0 saturated carbocycles. The first kappa shape index (κ1) is 11.7. The van der Waals surface area contributed by atoms with Crippen LogP contribution in [0.5, 0.6) is 5.75 Å². The maximum absolute atomic E-state index is 10.2. The molecule has 17 heavy (non-hydrogen) atoms. The molecule has 2 nitrogen and oxygen atoms in total. The van der Waals surface area contributed by atoms with Gasteiger partial charge in [-0.2, -0.15) is 0 Å². The Labute approximate surface area is 101 Å². The zero-order valence-corrected chi connectivity index (χ0v) is 10.1. The van der Waals surface area contributed by atoms with Gasteiger partial charge in [-0.1, -0.05) is 36.4 Å². The van der Waals surface area contributed by atoms with Gasteiger partial charge in [0, 0.05) is 0 Å². The lowest BCUT2D eigenvalue weighted by Crippen LogP contribution is -2.00. The zero-order chi connectivity index (χ0) is 12.3. The Morgan fingerprint density at radius 1 is 1.00 bits per heavy atom. The molecule has 0 bridgehead atoms. The highest BCUT2D eigenvalue weighted by atomic mass is 16.5. The lowest BCUT2D eigenvalue weighted by Gasteiger charge is -2.13. The molecule has 2 aromatic rings. The Hall–Kier alpha value is -1.80. The minimum Gasteiger partial charge on any atom is -0.496 e. The first-order valence-electron chi connectivity index (χ1n) is 5.60. The van der Waals surface area contributed by atoms with E-state index in [-0.39, 0.29) is 0 Å². The van der Waals surface area contributed by atoms with Crippen LogP contribution in [-0.4, -0.2) is 12.2 Å². The number of hydrogen-bond acceptors (Lipinski definition) is 2. The Morgan fingerprint density at radius 2 is 1.71 bits per heavy atom. The molecule has 0 aromatic heterocycles. The van der Waals surface area contributed by atoms with E-state index in [2.05, 4.69) is 0 Å². The Bertz CT molecular complexity index is 492. The van der Waals surface area contributed by atoms with Gasteiger partial charge < -0.3 is 9.84 Å². The molecule has 0 unspecified atom stereocenters. The van der Waals surface area contributed by atoms with Crippen LogP contribution in [-0.2, 0) is 0 Å². The molecule has 2 aromatic carbocycles. The number of aryl methyl sites for hydroxylation is 1. The highest BCUT2D eigenvalue weighted by Crippen LogP contribution is 2.26. The van der Waals surface area contributed by atoms with Gasteiger partial charge >= 0.3 is 0 Å². The summed E-state index contributed by atoms with van der Waals surface area (Å²) in [4.78, 5) is 0. The molecule has 0 fully saturated rings. The van der Waals surface area contributed by atoms with Gasteiger partial charge in [-0.25, -0.2) is 0 Å². The molecule has 88 valence electrons. The summed E-state index contributed by atoms with van der Waals surface area (Å²) < 4.78 is 5.20. The summed E-state index contributed by atoms with van der Waals surface area (Å²) in [5, 5.41) is 10.2. The average molecular weight is 228 g/mol. The fraction of sp³-hybridized carbons (Fsp3) is 0.200. The van der Waals surface area contributed by atoms with E-state index in [9.17, 15) is 5.11 Å². The van der Waals surface area contributed by atoms with Gasteiger partial charge in [0.15, 0.2) is 0 Å². The summed E-state index contributed by atoms with van der Waals surface area (Å²) in [5.41, 5.74) is 2.81. The van der Waals surface area contributed by atoms with Crippen LogP contribution in [0.1, 0.15) is 22.8 Å². The number of methoxy groups -OCH3 is 1. The second-order valence-electron chi connectivity index (χ2n) is 4.04. The molecule has 2 rings (SSSR count). The summed E-state index contributed by atoms with van der Waals surface area (Å²) in [6, 6.07) is 15.4. The van der Waals surface area contributed by atoms with Crippen LogP contribution in [0, 0.1) is 6.92 Å². The number of rotatable bonds is 3. The van der Waals surface area contributed by atoms with E-state index in [0.717, 1.165) is 22.4 Å². The van der Waals surface area contributed by atoms with Crippen LogP contribution in [0.4, 0.5) is 0 Å². The van der Waals surface area contributed by atoms with Gasteiger partial charge in [0.25, 0.3) is 0 Å². The Balaban J connectivity index is 2.32. The molecule has 0 amide bonds. The molecule has 0 radical (unpaired) electrons. The topological polar surface area (TPSA) is 29.5 Å². The van der Waals surface area contributed by atoms with Gasteiger partial charge in [-0.05, 0) is 35.7 Å². The Kier molecular flexibility index (Phi) is 3.45. The van der Waals surface area contributed by atoms with Crippen LogP contribution >= 0.6 is 0 Å². The third-order valence-corrected chi connectivity index (χ3v) is 2.85. The second-order valence-corrected chi connectivity index (χ2v) is 4.04. The third kappa shape index (κ3) is 2.48. The van der Waals surface area contributed by atoms with E-state index in [0.29, 0.717) is 0 Å². The van der Waals surface area contributed by atoms with Crippen molar-refractivity contribution in [3.05, 3.63) is 65.2 Å². The molecule has 0 aliphatic rings. The maximum atomic E-state index is 10.2. The molecule has 0 aliphatic carbocycles. The van der Waals surface area contributed by atoms with Gasteiger partial charge in [0.1, 0.15) is 11.9 Å². The number of aliphatic hydroxyl groups excluding tert-OH is 1. The standard InChI is InChI=1S/C15H16O2/c1-11-10-13(8-9-14(11)17-2)15(16)12-6-4-3-5-7-12/h3-10,15-16H,1-2H3/t15-/m1/s1. The highest BCUT2D eigenvalue weighted by Gasteiger charge is 2.11. The predicted molar refractivity (Wildman–Crippen MR) is 68.2 cm³/mol. The minimum atomic E-state index is -0.583. The summed E-state index contributed by atoms with van der Waals surface area (Å²) in [7, 11) is 1.65. The molecule has 0 saturated heterocycles. The van der Waals surface area contributed by atoms with E-state index >= 15 is 0 Å². The predicted octanol–water partition coefficient (Wildman–Crippen LogP) is 3.09. The van der Waals surface area contributed by atoms with Crippen LogP contribution in [0.15, 0.2) is 48.5 Å². The first-order valence-corrected chi connectivity index (χ1v) is 5.60. The van der Waals surface area contributed by atoms with Gasteiger partial charge in [-0.3, -0.25) is 0 Å². The average Bonchev–Trinajstić information content (AvgIpc) is 2.39. The van der Waals surface area contributed by atoms with Crippen molar-refractivity contribution >= 4 is 0 Å². The van der Waals surface area contributed by atoms with E-state index in [1.165, 1.54) is 0 Å². The van der Waals surface area contributed by atoms with E-state index in [4.69, 9.17) is 4.74 Å². The number of benzene rings is 2. The van der Waals surface area contributed by atoms with Gasteiger partial charge in [0.2, 0.25) is 0 Å². The first-order chi connectivity index (χ1) is 8.22. The Morgan fingerprint density at radius 3 is 2.29 bits per heavy atom. The van der Waals surface area contributed by atoms with E-state index in [1.54, 1.807) is 7.11 Å². The van der Waals surface area contributed by atoms with Crippen LogP contribution in [0.25, 0.3) is 0 Å². The minimum absolute atomic E-state index is 0.583. The quantitative estimate of drug-likeness (QED) is 0.874. The lowest BCUT2D eigenvalue weighted by molar-refractivity contribution is 0.220. The van der Waals surface area contributed by atoms with Crippen LogP contribution in [0.2, 0.25) is 0 Å². The van der Waals surface area contributed by atoms with E-state index < -0.39 is 6.10 Å². The highest BCUT2D eigenvalue weighted by molar-refractivity contribution is 5.39. The van der Waals surface area contributed by atoms with Gasteiger partial charge in [0.05, 0.1) is 7.11 Å². The van der Waals surface area contributed by atoms with Crippen molar-refractivity contribution in [1.29, 1.82) is 0 Å². The van der Waals surface area contributed by atoms with Gasteiger partial charge in [-0.15, -0.1) is 0 Å². The molecule has 0 aliphatic heterocycles. The molecule has 1 atom stereocenters. The summed E-state index contributed by atoms with van der Waals surface area (Å²) in [5.74, 6) is 0.842. The lowest BCUT2D eigenvalue weighted by atomic mass is 10.00. The van der Waals surface area contributed by atoms with Crippen molar-refractivity contribution in [3.8, 4) is 5.75 Å². The molecule has 0 spiro atoms. The smallest absolute Gasteiger partial charge is 0.121 e. The second kappa shape index (κ2) is 5.02. The molecular weight excluding hydrogens is 212 g/mol. The fourth-order valence-electron chi connectivity index (χ4n) is 1.90. The number of ether oxygens (including phenoxy) is 1. The third-order valence-electron chi connectivity index (χ3n) is 2.85. The van der Waals surface area contributed by atoms with Crippen molar-refractivity contribution in [2.75, 3.05) is 7.11 Å². The summed E-state index contributed by atoms with van der Waals surface area (Å²) in [6.45, 7) is 1.97. The van der Waals surface area contributed by atoms with Crippen LogP contribution < -0.4 is 4.74 Å². The molecular formula is C15H16O2. The number of aliphatic hydroxyl groups is 1. The molecule has 1 N–H and O–H groups in total. The molecule has 0 heterocycles. The van der Waals surface area contributed by atoms with Crippen molar-refractivity contribution in [1.82, 2.24) is 0 Å². The fourth-order valence-corrected chi connectivity index (χ4v) is 1.90. The summed E-state index contributed by atoms with van der Waals surface area (Å²) in [6.07, 6.45) is -0.583. The van der Waals surface area contributed by atoms with Crippen LogP contribution in [0.3, 0.4) is 0 Å². The zero-order valence-electron chi connectivity index (χ0n) is 10.1. The normalized spacial score (nSPS) is 12.2. The SMILES string of the molecule is COc1ccc([C@H](O)c2ccccc2)cc1C. The number of hydrogen-bond donors (Lipinski definition) is 1. The van der Waals surface area contributed by atoms with Crippen molar-refractivity contribution in [2.45, 2.75) is 13.0 Å². The van der Waals surface area contributed by atoms with Crippen molar-refractivity contribution < 1.29 is 9.84 Å².